The largest absolute Gasteiger partial charge is 0.478 e. The smallest absolute Gasteiger partial charge is 0.336 e. The summed E-state index contributed by atoms with van der Waals surface area (Å²) < 4.78 is 26.1. The van der Waals surface area contributed by atoms with Gasteiger partial charge in [0.05, 0.1) is 11.3 Å². The Morgan fingerprint density at radius 3 is 2.59 bits per heavy atom. The van der Waals surface area contributed by atoms with E-state index in [1.54, 1.807) is 0 Å². The number of nitrogens with zero attached hydrogens (tertiary/aromatic N) is 1. The predicted molar refractivity (Wildman–Crippen MR) is 60.2 cm³/mol. The van der Waals surface area contributed by atoms with Crippen LogP contribution in [0.4, 0.5) is 8.78 Å². The number of carboxylic acid groups (broad SMARTS) is 1. The SMILES string of the molecule is O=C(O)c1cc(F)c(F)cc1C1=NNC(=S)C1. The molecule has 0 aromatic heterocycles. The summed E-state index contributed by atoms with van der Waals surface area (Å²) in [5, 5.41) is 12.7. The number of aromatic carboxylic acids is 1. The van der Waals surface area contributed by atoms with Gasteiger partial charge in [-0.15, -0.1) is 0 Å². The third kappa shape index (κ3) is 2.14. The van der Waals surface area contributed by atoms with Gasteiger partial charge in [-0.25, -0.2) is 13.6 Å². The first kappa shape index (κ1) is 11.6. The van der Waals surface area contributed by atoms with Gasteiger partial charge in [-0.2, -0.15) is 5.10 Å². The van der Waals surface area contributed by atoms with Crippen LogP contribution in [-0.4, -0.2) is 21.8 Å². The standard InChI is InChI=1S/C10H6F2N2O2S/c11-6-1-4(8-3-9(17)14-13-8)5(10(15)16)2-7(6)12/h1-2H,3H2,(H,14,17)(H,15,16). The molecule has 1 aliphatic heterocycles. The maximum absolute atomic E-state index is 13.1. The molecule has 0 bridgehead atoms. The van der Waals surface area contributed by atoms with Crippen molar-refractivity contribution in [1.29, 1.82) is 0 Å². The molecule has 0 radical (unpaired) electrons. The molecule has 1 heterocycles. The lowest BCUT2D eigenvalue weighted by atomic mass is 10.0. The van der Waals surface area contributed by atoms with Crippen LogP contribution in [0.5, 0.6) is 0 Å². The van der Waals surface area contributed by atoms with E-state index in [9.17, 15) is 13.6 Å². The summed E-state index contributed by atoms with van der Waals surface area (Å²) in [4.78, 5) is 11.3. The van der Waals surface area contributed by atoms with Crippen LogP contribution in [0, 0.1) is 11.6 Å². The van der Waals surface area contributed by atoms with E-state index in [-0.39, 0.29) is 23.3 Å². The fourth-order valence-electron chi connectivity index (χ4n) is 1.48. The van der Waals surface area contributed by atoms with Crippen molar-refractivity contribution >= 4 is 28.9 Å². The number of hydrogen-bond donors (Lipinski definition) is 2. The molecule has 1 aromatic carbocycles. The Morgan fingerprint density at radius 2 is 2.06 bits per heavy atom. The summed E-state index contributed by atoms with van der Waals surface area (Å²) in [5.74, 6) is -3.68. The molecule has 17 heavy (non-hydrogen) atoms. The number of nitrogens with one attached hydrogen (secondary N) is 1. The molecule has 0 saturated carbocycles. The highest BCUT2D eigenvalue weighted by Gasteiger charge is 2.22. The molecule has 0 spiro atoms. The predicted octanol–water partition coefficient (Wildman–Crippen LogP) is 1.69. The molecule has 1 aliphatic rings. The van der Waals surface area contributed by atoms with Crippen LogP contribution < -0.4 is 5.43 Å². The Kier molecular flexibility index (Phi) is 2.84. The van der Waals surface area contributed by atoms with Crippen LogP contribution in [0.1, 0.15) is 22.3 Å². The molecule has 88 valence electrons. The second kappa shape index (κ2) is 4.17. The minimum absolute atomic E-state index is 0.0313. The third-order valence-corrected chi connectivity index (χ3v) is 2.48. The first-order valence-corrected chi connectivity index (χ1v) is 4.98. The van der Waals surface area contributed by atoms with Gasteiger partial charge in [0, 0.05) is 12.0 Å². The third-order valence-electron chi connectivity index (χ3n) is 2.25. The highest BCUT2D eigenvalue weighted by molar-refractivity contribution is 7.80. The van der Waals surface area contributed by atoms with Crippen LogP contribution in [0.3, 0.4) is 0 Å². The Balaban J connectivity index is 2.56. The zero-order chi connectivity index (χ0) is 12.6. The molecule has 0 atom stereocenters. The first-order chi connectivity index (χ1) is 7.99. The maximum atomic E-state index is 13.1. The molecule has 7 heteroatoms. The van der Waals surface area contributed by atoms with E-state index >= 15 is 0 Å². The Hall–Kier alpha value is -1.89. The number of carboxylic acids is 1. The monoisotopic (exact) mass is 256 g/mol. The first-order valence-electron chi connectivity index (χ1n) is 4.57. The summed E-state index contributed by atoms with van der Waals surface area (Å²) in [5.41, 5.74) is 2.45. The zero-order valence-electron chi connectivity index (χ0n) is 8.33. The van der Waals surface area contributed by atoms with Crippen molar-refractivity contribution in [2.45, 2.75) is 6.42 Å². The van der Waals surface area contributed by atoms with E-state index in [1.807, 2.05) is 0 Å². The molecular formula is C10H6F2N2O2S. The quantitative estimate of drug-likeness (QED) is 0.790. The lowest BCUT2D eigenvalue weighted by Crippen LogP contribution is -2.11. The van der Waals surface area contributed by atoms with Crippen LogP contribution in [0.25, 0.3) is 0 Å². The van der Waals surface area contributed by atoms with Crippen molar-refractivity contribution in [2.75, 3.05) is 0 Å². The van der Waals surface area contributed by atoms with E-state index in [4.69, 9.17) is 17.3 Å². The van der Waals surface area contributed by atoms with Crippen molar-refractivity contribution in [3.8, 4) is 0 Å². The molecule has 0 aliphatic carbocycles. The molecular weight excluding hydrogens is 250 g/mol. The van der Waals surface area contributed by atoms with Crippen LogP contribution in [-0.2, 0) is 0 Å². The van der Waals surface area contributed by atoms with Gasteiger partial charge >= 0.3 is 5.97 Å². The van der Waals surface area contributed by atoms with Crippen LogP contribution >= 0.6 is 12.2 Å². The Labute approximate surface area is 99.9 Å². The average molecular weight is 256 g/mol. The molecule has 4 nitrogen and oxygen atoms in total. The highest BCUT2D eigenvalue weighted by Crippen LogP contribution is 2.19. The van der Waals surface area contributed by atoms with Gasteiger partial charge in [0.2, 0.25) is 0 Å². The number of hydrazone groups is 1. The van der Waals surface area contributed by atoms with Crippen molar-refractivity contribution in [1.82, 2.24) is 5.43 Å². The van der Waals surface area contributed by atoms with Gasteiger partial charge in [0.25, 0.3) is 0 Å². The van der Waals surface area contributed by atoms with Gasteiger partial charge in [0.1, 0.15) is 4.99 Å². The molecule has 2 rings (SSSR count). The normalized spacial score (nSPS) is 14.5. The van der Waals surface area contributed by atoms with E-state index in [1.165, 1.54) is 0 Å². The second-order valence-corrected chi connectivity index (χ2v) is 3.88. The summed E-state index contributed by atoms with van der Waals surface area (Å²) >= 11 is 4.82. The molecule has 1 aromatic rings. The second-order valence-electron chi connectivity index (χ2n) is 3.39. The number of rotatable bonds is 2. The van der Waals surface area contributed by atoms with E-state index in [0.29, 0.717) is 11.1 Å². The van der Waals surface area contributed by atoms with Crippen molar-refractivity contribution in [3.05, 3.63) is 34.9 Å². The number of carbonyl (C=O) groups is 1. The Bertz CT molecular complexity index is 557. The molecule has 0 unspecified atom stereocenters. The van der Waals surface area contributed by atoms with E-state index < -0.39 is 17.6 Å². The number of benzene rings is 1. The topological polar surface area (TPSA) is 61.7 Å². The molecule has 0 saturated heterocycles. The number of hydrogen-bond acceptors (Lipinski definition) is 3. The summed E-state index contributed by atoms with van der Waals surface area (Å²) in [7, 11) is 0. The van der Waals surface area contributed by atoms with Gasteiger partial charge in [-0.05, 0) is 12.1 Å². The molecule has 0 amide bonds. The van der Waals surface area contributed by atoms with Crippen LogP contribution in [0.15, 0.2) is 17.2 Å². The highest BCUT2D eigenvalue weighted by atomic mass is 32.1. The lowest BCUT2D eigenvalue weighted by Gasteiger charge is -2.05. The Morgan fingerprint density at radius 1 is 1.41 bits per heavy atom. The minimum atomic E-state index is -1.35. The van der Waals surface area contributed by atoms with Crippen molar-refractivity contribution in [3.63, 3.8) is 0 Å². The number of thiocarbonyl (C=S) groups is 1. The zero-order valence-corrected chi connectivity index (χ0v) is 9.15. The van der Waals surface area contributed by atoms with Crippen molar-refractivity contribution < 1.29 is 18.7 Å². The maximum Gasteiger partial charge on any atom is 0.336 e. The number of halogens is 2. The van der Waals surface area contributed by atoms with Gasteiger partial charge < -0.3 is 5.11 Å². The fraction of sp³-hybridized carbons (Fsp3) is 0.100. The summed E-state index contributed by atoms with van der Waals surface area (Å²) in [6, 6.07) is 1.45. The fourth-order valence-corrected chi connectivity index (χ4v) is 1.66. The summed E-state index contributed by atoms with van der Waals surface area (Å²) in [6.07, 6.45) is 0.209. The minimum Gasteiger partial charge on any atom is -0.478 e. The van der Waals surface area contributed by atoms with Gasteiger partial charge in [0.15, 0.2) is 11.6 Å². The van der Waals surface area contributed by atoms with E-state index in [2.05, 4.69) is 10.5 Å². The summed E-state index contributed by atoms with van der Waals surface area (Å²) in [6.45, 7) is 0. The van der Waals surface area contributed by atoms with Crippen LogP contribution in [0.2, 0.25) is 0 Å². The van der Waals surface area contributed by atoms with Gasteiger partial charge in [-0.3, -0.25) is 5.43 Å². The van der Waals surface area contributed by atoms with E-state index in [0.717, 1.165) is 6.07 Å². The molecule has 0 fully saturated rings. The average Bonchev–Trinajstić information content (AvgIpc) is 2.68. The molecule has 2 N–H and O–H groups in total. The van der Waals surface area contributed by atoms with Crippen molar-refractivity contribution in [2.24, 2.45) is 5.10 Å². The lowest BCUT2D eigenvalue weighted by molar-refractivity contribution is 0.0696. The van der Waals surface area contributed by atoms with Gasteiger partial charge in [-0.1, -0.05) is 12.2 Å².